The first-order valence-electron chi connectivity index (χ1n) is 5.91. The Morgan fingerprint density at radius 1 is 1.31 bits per heavy atom. The number of unbranched alkanes of at least 4 members (excludes halogenated alkanes) is 1. The molecule has 0 aliphatic carbocycles. The van der Waals surface area contributed by atoms with Crippen molar-refractivity contribution in [1.82, 2.24) is 0 Å². The van der Waals surface area contributed by atoms with Gasteiger partial charge in [-0.3, -0.25) is 0 Å². The molecule has 0 aliphatic rings. The molecule has 0 saturated heterocycles. The van der Waals surface area contributed by atoms with E-state index in [1.807, 2.05) is 13.0 Å². The van der Waals surface area contributed by atoms with Gasteiger partial charge in [0.15, 0.2) is 0 Å². The van der Waals surface area contributed by atoms with Crippen molar-refractivity contribution in [1.29, 1.82) is 0 Å². The Labute approximate surface area is 99.6 Å². The minimum absolute atomic E-state index is 0.674. The summed E-state index contributed by atoms with van der Waals surface area (Å²) < 4.78 is 5.46. The van der Waals surface area contributed by atoms with Gasteiger partial charge in [-0.1, -0.05) is 26.3 Å². The predicted octanol–water partition coefficient (Wildman–Crippen LogP) is 4.04. The van der Waals surface area contributed by atoms with Crippen LogP contribution < -0.4 is 4.52 Å². The molecule has 0 heterocycles. The molecule has 1 N–H and O–H groups in total. The van der Waals surface area contributed by atoms with Gasteiger partial charge >= 0.3 is 0 Å². The summed E-state index contributed by atoms with van der Waals surface area (Å²) in [4.78, 5) is 9.49. The van der Waals surface area contributed by atoms with Crippen LogP contribution in [0.5, 0.6) is 5.75 Å². The van der Waals surface area contributed by atoms with Crippen molar-refractivity contribution in [2.45, 2.75) is 40.0 Å². The molecule has 0 fully saturated rings. The third-order valence-corrected chi connectivity index (χ3v) is 3.56. The van der Waals surface area contributed by atoms with Gasteiger partial charge in [0.2, 0.25) is 8.38 Å². The summed E-state index contributed by atoms with van der Waals surface area (Å²) >= 11 is 0. The average Bonchev–Trinajstić information content (AvgIpc) is 2.29. The second-order valence-corrected chi connectivity index (χ2v) is 5.47. The lowest BCUT2D eigenvalue weighted by Crippen LogP contribution is -1.93. The lowest BCUT2D eigenvalue weighted by molar-refractivity contribution is 0.487. The van der Waals surface area contributed by atoms with Gasteiger partial charge in [0.1, 0.15) is 5.75 Å². The van der Waals surface area contributed by atoms with Crippen LogP contribution in [0.2, 0.25) is 0 Å². The van der Waals surface area contributed by atoms with E-state index in [1.54, 1.807) is 0 Å². The van der Waals surface area contributed by atoms with Crippen LogP contribution in [0.3, 0.4) is 0 Å². The highest BCUT2D eigenvalue weighted by atomic mass is 31.2. The molecule has 0 saturated carbocycles. The quantitative estimate of drug-likeness (QED) is 0.760. The van der Waals surface area contributed by atoms with Gasteiger partial charge in [-0.05, 0) is 43.0 Å². The molecule has 3 heteroatoms. The minimum atomic E-state index is -1.29. The highest BCUT2D eigenvalue weighted by Gasteiger charge is 2.06. The lowest BCUT2D eigenvalue weighted by atomic mass is 10.0. The minimum Gasteiger partial charge on any atom is -0.447 e. The molecule has 90 valence electrons. The van der Waals surface area contributed by atoms with Crippen LogP contribution in [-0.4, -0.2) is 11.1 Å². The second kappa shape index (κ2) is 6.88. The van der Waals surface area contributed by atoms with Crippen molar-refractivity contribution in [3.63, 3.8) is 0 Å². The summed E-state index contributed by atoms with van der Waals surface area (Å²) in [5, 5.41) is 0. The zero-order chi connectivity index (χ0) is 12.0. The van der Waals surface area contributed by atoms with E-state index in [0.717, 1.165) is 12.2 Å². The maximum atomic E-state index is 9.49. The molecule has 0 radical (unpaired) electrons. The van der Waals surface area contributed by atoms with Gasteiger partial charge in [0.25, 0.3) is 0 Å². The third-order valence-electron chi connectivity index (χ3n) is 2.60. The molecule has 1 atom stereocenters. The predicted molar refractivity (Wildman–Crippen MR) is 70.1 cm³/mol. The average molecular weight is 240 g/mol. The first-order valence-corrected chi connectivity index (χ1v) is 7.31. The van der Waals surface area contributed by atoms with E-state index in [2.05, 4.69) is 26.0 Å². The summed E-state index contributed by atoms with van der Waals surface area (Å²) in [6.07, 6.45) is 4.17. The van der Waals surface area contributed by atoms with Crippen molar-refractivity contribution < 1.29 is 9.42 Å². The standard InChI is InChI=1S/C13H21O2P/c1-4-6-7-12-10-13(9-8-11(12)3)15-16(14)5-2/h8-10,14H,4-7H2,1-3H3. The van der Waals surface area contributed by atoms with E-state index in [0.29, 0.717) is 6.16 Å². The fourth-order valence-corrected chi connectivity index (χ4v) is 2.01. The zero-order valence-corrected chi connectivity index (χ0v) is 11.3. The molecule has 16 heavy (non-hydrogen) atoms. The van der Waals surface area contributed by atoms with Crippen LogP contribution in [0.15, 0.2) is 18.2 Å². The molecular weight excluding hydrogens is 219 g/mol. The number of rotatable bonds is 6. The van der Waals surface area contributed by atoms with Crippen molar-refractivity contribution in [3.05, 3.63) is 29.3 Å². The lowest BCUT2D eigenvalue weighted by Gasteiger charge is -2.12. The topological polar surface area (TPSA) is 29.5 Å². The zero-order valence-electron chi connectivity index (χ0n) is 10.4. The van der Waals surface area contributed by atoms with Crippen LogP contribution in [0.1, 0.15) is 37.8 Å². The molecule has 1 rings (SSSR count). The maximum absolute atomic E-state index is 9.49. The first-order chi connectivity index (χ1) is 7.67. The van der Waals surface area contributed by atoms with E-state index < -0.39 is 8.38 Å². The molecule has 2 nitrogen and oxygen atoms in total. The Bertz CT molecular complexity index is 326. The Morgan fingerprint density at radius 2 is 2.06 bits per heavy atom. The summed E-state index contributed by atoms with van der Waals surface area (Å²) in [5.41, 5.74) is 2.64. The van der Waals surface area contributed by atoms with E-state index >= 15 is 0 Å². The van der Waals surface area contributed by atoms with Crippen LogP contribution in [0, 0.1) is 6.92 Å². The molecule has 1 aromatic rings. The fourth-order valence-electron chi connectivity index (χ4n) is 1.53. The van der Waals surface area contributed by atoms with Gasteiger partial charge in [-0.25, -0.2) is 0 Å². The number of aryl methyl sites for hydroxylation is 2. The summed E-state index contributed by atoms with van der Waals surface area (Å²) in [6.45, 7) is 6.24. The van der Waals surface area contributed by atoms with E-state index in [1.165, 1.54) is 24.0 Å². The summed E-state index contributed by atoms with van der Waals surface area (Å²) in [7, 11) is -1.29. The van der Waals surface area contributed by atoms with Crippen LogP contribution in [-0.2, 0) is 6.42 Å². The van der Waals surface area contributed by atoms with E-state index in [9.17, 15) is 4.89 Å². The van der Waals surface area contributed by atoms with Gasteiger partial charge in [0, 0.05) is 6.16 Å². The normalized spacial score (nSPS) is 12.5. The third kappa shape index (κ3) is 4.11. The number of benzene rings is 1. The molecule has 0 bridgehead atoms. The van der Waals surface area contributed by atoms with Crippen molar-refractivity contribution in [2.75, 3.05) is 6.16 Å². The number of hydrogen-bond donors (Lipinski definition) is 1. The van der Waals surface area contributed by atoms with Crippen molar-refractivity contribution >= 4 is 8.38 Å². The largest absolute Gasteiger partial charge is 0.447 e. The highest BCUT2D eigenvalue weighted by molar-refractivity contribution is 7.46. The monoisotopic (exact) mass is 240 g/mol. The highest BCUT2D eigenvalue weighted by Crippen LogP contribution is 2.33. The van der Waals surface area contributed by atoms with Gasteiger partial charge in [0.05, 0.1) is 0 Å². The van der Waals surface area contributed by atoms with Crippen LogP contribution in [0.25, 0.3) is 0 Å². The summed E-state index contributed by atoms with van der Waals surface area (Å²) in [6, 6.07) is 6.07. The van der Waals surface area contributed by atoms with E-state index in [4.69, 9.17) is 4.52 Å². The van der Waals surface area contributed by atoms with Gasteiger partial charge in [-0.15, -0.1) is 0 Å². The molecule has 0 spiro atoms. The second-order valence-electron chi connectivity index (χ2n) is 3.95. The van der Waals surface area contributed by atoms with Crippen molar-refractivity contribution in [2.24, 2.45) is 0 Å². The molecule has 0 aromatic heterocycles. The molecule has 1 unspecified atom stereocenters. The van der Waals surface area contributed by atoms with Crippen LogP contribution >= 0.6 is 8.38 Å². The Balaban J connectivity index is 2.72. The Hall–Kier alpha value is -0.590. The molecule has 0 amide bonds. The van der Waals surface area contributed by atoms with E-state index in [-0.39, 0.29) is 0 Å². The van der Waals surface area contributed by atoms with Gasteiger partial charge in [-0.2, -0.15) is 0 Å². The van der Waals surface area contributed by atoms with Crippen molar-refractivity contribution in [3.8, 4) is 5.75 Å². The summed E-state index contributed by atoms with van der Waals surface area (Å²) in [5.74, 6) is 0.798. The SMILES string of the molecule is CCCCc1cc(OP(O)CC)ccc1C. The Kier molecular flexibility index (Phi) is 5.79. The number of hydrogen-bond acceptors (Lipinski definition) is 2. The van der Waals surface area contributed by atoms with Crippen LogP contribution in [0.4, 0.5) is 0 Å². The Morgan fingerprint density at radius 3 is 2.69 bits per heavy atom. The molecular formula is C13H21O2P. The first kappa shape index (κ1) is 13.5. The van der Waals surface area contributed by atoms with Gasteiger partial charge < -0.3 is 9.42 Å². The molecule has 1 aromatic carbocycles. The smallest absolute Gasteiger partial charge is 0.227 e. The fraction of sp³-hybridized carbons (Fsp3) is 0.538. The maximum Gasteiger partial charge on any atom is 0.227 e. The molecule has 0 aliphatic heterocycles.